The fourth-order valence-corrected chi connectivity index (χ4v) is 2.47. The first-order valence-corrected chi connectivity index (χ1v) is 6.74. The van der Waals surface area contributed by atoms with Crippen molar-refractivity contribution >= 4 is 5.91 Å². The third-order valence-corrected chi connectivity index (χ3v) is 3.62. The number of hydrogen-bond acceptors (Lipinski definition) is 4. The van der Waals surface area contributed by atoms with Gasteiger partial charge in [0.2, 0.25) is 0 Å². The Morgan fingerprint density at radius 2 is 1.86 bits per heavy atom. The number of aromatic nitrogens is 2. The lowest BCUT2D eigenvalue weighted by molar-refractivity contribution is 0.0705. The summed E-state index contributed by atoms with van der Waals surface area (Å²) in [6.45, 7) is 1.93. The van der Waals surface area contributed by atoms with Gasteiger partial charge in [-0.05, 0) is 18.2 Å². The molecule has 2 aromatic rings. The Kier molecular flexibility index (Phi) is 3.51. The van der Waals surface area contributed by atoms with E-state index in [0.29, 0.717) is 30.2 Å². The van der Waals surface area contributed by atoms with E-state index in [1.165, 1.54) is 0 Å². The summed E-state index contributed by atoms with van der Waals surface area (Å²) in [6.07, 6.45) is 1.76. The standard InChI is InChI=1S/C15H17N3O3/c1-20-13-7-11(8-14(9-13)21-2)15(19)17-5-6-18-12(10-17)3-4-16-18/h3-4,7-9H,5-6,10H2,1-2H3. The molecule has 0 saturated heterocycles. The van der Waals surface area contributed by atoms with Crippen molar-refractivity contribution in [2.24, 2.45) is 0 Å². The number of ether oxygens (including phenoxy) is 2. The van der Waals surface area contributed by atoms with Gasteiger partial charge < -0.3 is 14.4 Å². The molecule has 3 rings (SSSR count). The Labute approximate surface area is 122 Å². The summed E-state index contributed by atoms with van der Waals surface area (Å²) in [5.41, 5.74) is 1.61. The molecule has 6 heteroatoms. The number of hydrogen-bond donors (Lipinski definition) is 0. The van der Waals surface area contributed by atoms with Crippen LogP contribution in [0.5, 0.6) is 11.5 Å². The van der Waals surface area contributed by atoms with Gasteiger partial charge in [-0.3, -0.25) is 9.48 Å². The smallest absolute Gasteiger partial charge is 0.254 e. The van der Waals surface area contributed by atoms with Crippen LogP contribution >= 0.6 is 0 Å². The highest BCUT2D eigenvalue weighted by Crippen LogP contribution is 2.24. The molecule has 0 unspecified atom stereocenters. The molecule has 1 amide bonds. The number of methoxy groups -OCH3 is 2. The number of amides is 1. The maximum atomic E-state index is 12.7. The van der Waals surface area contributed by atoms with E-state index in [1.807, 2.05) is 15.6 Å². The van der Waals surface area contributed by atoms with Crippen molar-refractivity contribution in [3.8, 4) is 11.5 Å². The van der Waals surface area contributed by atoms with Crippen LogP contribution in [-0.2, 0) is 13.1 Å². The largest absolute Gasteiger partial charge is 0.497 e. The maximum Gasteiger partial charge on any atom is 0.254 e. The molecule has 21 heavy (non-hydrogen) atoms. The highest BCUT2D eigenvalue weighted by Gasteiger charge is 2.22. The monoisotopic (exact) mass is 287 g/mol. The lowest BCUT2D eigenvalue weighted by Gasteiger charge is -2.28. The molecule has 1 aliphatic rings. The van der Waals surface area contributed by atoms with Crippen LogP contribution in [0.3, 0.4) is 0 Å². The average molecular weight is 287 g/mol. The van der Waals surface area contributed by atoms with Crippen molar-refractivity contribution < 1.29 is 14.3 Å². The first-order valence-electron chi connectivity index (χ1n) is 6.74. The molecule has 0 aliphatic carbocycles. The molecule has 0 fully saturated rings. The molecule has 0 bridgehead atoms. The van der Waals surface area contributed by atoms with Crippen LogP contribution in [0, 0.1) is 0 Å². The minimum atomic E-state index is -0.0281. The Balaban J connectivity index is 1.85. The van der Waals surface area contributed by atoms with Crippen molar-refractivity contribution in [2.45, 2.75) is 13.1 Å². The lowest BCUT2D eigenvalue weighted by atomic mass is 10.1. The summed E-state index contributed by atoms with van der Waals surface area (Å²) in [5, 5.41) is 4.22. The van der Waals surface area contributed by atoms with Crippen LogP contribution in [0.2, 0.25) is 0 Å². The molecular formula is C15H17N3O3. The quantitative estimate of drug-likeness (QED) is 0.859. The molecule has 1 aromatic heterocycles. The van der Waals surface area contributed by atoms with Crippen molar-refractivity contribution in [3.63, 3.8) is 0 Å². The van der Waals surface area contributed by atoms with E-state index in [2.05, 4.69) is 5.10 Å². The highest BCUT2D eigenvalue weighted by atomic mass is 16.5. The second-order valence-corrected chi connectivity index (χ2v) is 4.87. The van der Waals surface area contributed by atoms with Crippen LogP contribution < -0.4 is 9.47 Å². The van der Waals surface area contributed by atoms with Crippen LogP contribution in [0.25, 0.3) is 0 Å². The van der Waals surface area contributed by atoms with Crippen LogP contribution in [0.4, 0.5) is 0 Å². The predicted octanol–water partition coefficient (Wildman–Crippen LogP) is 1.56. The van der Waals surface area contributed by atoms with Gasteiger partial charge in [0, 0.05) is 24.4 Å². The molecule has 0 atom stereocenters. The minimum Gasteiger partial charge on any atom is -0.497 e. The van der Waals surface area contributed by atoms with E-state index in [-0.39, 0.29) is 5.91 Å². The summed E-state index contributed by atoms with van der Waals surface area (Å²) in [6, 6.07) is 7.15. The van der Waals surface area contributed by atoms with Crippen LogP contribution in [0.1, 0.15) is 16.1 Å². The Morgan fingerprint density at radius 3 is 2.52 bits per heavy atom. The third-order valence-electron chi connectivity index (χ3n) is 3.62. The Bertz CT molecular complexity index is 644. The maximum absolute atomic E-state index is 12.7. The molecule has 1 aliphatic heterocycles. The van der Waals surface area contributed by atoms with E-state index in [1.54, 1.807) is 38.6 Å². The molecule has 0 saturated carbocycles. The number of fused-ring (bicyclic) bond motifs is 1. The number of rotatable bonds is 3. The molecule has 1 aromatic carbocycles. The van der Waals surface area contributed by atoms with Gasteiger partial charge in [0.25, 0.3) is 5.91 Å². The van der Waals surface area contributed by atoms with Gasteiger partial charge in [-0.25, -0.2) is 0 Å². The second-order valence-electron chi connectivity index (χ2n) is 4.87. The molecule has 0 N–H and O–H groups in total. The van der Waals surface area contributed by atoms with Gasteiger partial charge in [-0.2, -0.15) is 5.10 Å². The zero-order valence-electron chi connectivity index (χ0n) is 12.1. The van der Waals surface area contributed by atoms with Gasteiger partial charge in [0.1, 0.15) is 11.5 Å². The number of nitrogens with zero attached hydrogens (tertiary/aromatic N) is 3. The summed E-state index contributed by atoms with van der Waals surface area (Å²) >= 11 is 0. The van der Waals surface area contributed by atoms with E-state index < -0.39 is 0 Å². The van der Waals surface area contributed by atoms with E-state index in [4.69, 9.17) is 9.47 Å². The van der Waals surface area contributed by atoms with Gasteiger partial charge in [-0.15, -0.1) is 0 Å². The third kappa shape index (κ3) is 2.56. The van der Waals surface area contributed by atoms with Gasteiger partial charge in [-0.1, -0.05) is 0 Å². The van der Waals surface area contributed by atoms with E-state index >= 15 is 0 Å². The second kappa shape index (κ2) is 5.47. The Hall–Kier alpha value is -2.50. The zero-order chi connectivity index (χ0) is 14.8. The summed E-state index contributed by atoms with van der Waals surface area (Å²) in [4.78, 5) is 14.5. The highest BCUT2D eigenvalue weighted by molar-refractivity contribution is 5.95. The first-order chi connectivity index (χ1) is 10.2. The fraction of sp³-hybridized carbons (Fsp3) is 0.333. The summed E-state index contributed by atoms with van der Waals surface area (Å²) in [5.74, 6) is 1.19. The number of carbonyl (C=O) groups is 1. The van der Waals surface area contributed by atoms with Crippen molar-refractivity contribution in [3.05, 3.63) is 41.7 Å². The van der Waals surface area contributed by atoms with E-state index in [9.17, 15) is 4.79 Å². The summed E-state index contributed by atoms with van der Waals surface area (Å²) in [7, 11) is 3.14. The molecule has 0 spiro atoms. The first kappa shape index (κ1) is 13.5. The van der Waals surface area contributed by atoms with Crippen LogP contribution in [0.15, 0.2) is 30.5 Å². The fourth-order valence-electron chi connectivity index (χ4n) is 2.47. The topological polar surface area (TPSA) is 56.6 Å². The van der Waals surface area contributed by atoms with Gasteiger partial charge >= 0.3 is 0 Å². The normalized spacial score (nSPS) is 13.7. The molecule has 6 nitrogen and oxygen atoms in total. The summed E-state index contributed by atoms with van der Waals surface area (Å²) < 4.78 is 12.4. The van der Waals surface area contributed by atoms with E-state index in [0.717, 1.165) is 12.2 Å². The van der Waals surface area contributed by atoms with Gasteiger partial charge in [0.05, 0.1) is 33.0 Å². The SMILES string of the molecule is COc1cc(OC)cc(C(=O)N2CCn3nccc3C2)c1. The molecule has 110 valence electrons. The minimum absolute atomic E-state index is 0.0281. The van der Waals surface area contributed by atoms with Crippen molar-refractivity contribution in [1.82, 2.24) is 14.7 Å². The predicted molar refractivity (Wildman–Crippen MR) is 76.5 cm³/mol. The number of carbonyl (C=O) groups excluding carboxylic acids is 1. The molecule has 0 radical (unpaired) electrons. The van der Waals surface area contributed by atoms with Crippen molar-refractivity contribution in [2.75, 3.05) is 20.8 Å². The average Bonchev–Trinajstić information content (AvgIpc) is 3.01. The Morgan fingerprint density at radius 1 is 1.14 bits per heavy atom. The zero-order valence-corrected chi connectivity index (χ0v) is 12.1. The van der Waals surface area contributed by atoms with Gasteiger partial charge in [0.15, 0.2) is 0 Å². The van der Waals surface area contributed by atoms with Crippen LogP contribution in [-0.4, -0.2) is 41.4 Å². The van der Waals surface area contributed by atoms with Crippen molar-refractivity contribution in [1.29, 1.82) is 0 Å². The molecule has 2 heterocycles. The lowest BCUT2D eigenvalue weighted by Crippen LogP contribution is -2.38. The number of benzene rings is 1. The molecular weight excluding hydrogens is 270 g/mol.